The highest BCUT2D eigenvalue weighted by atomic mass is 31.2. The zero-order chi connectivity index (χ0) is 41.0. The van der Waals surface area contributed by atoms with Crippen LogP contribution in [0.2, 0.25) is 0 Å². The fourth-order valence-corrected chi connectivity index (χ4v) is 8.48. The second kappa shape index (κ2) is 20.6. The molecule has 0 bridgehead atoms. The third-order valence-corrected chi connectivity index (χ3v) is 11.7. The van der Waals surface area contributed by atoms with Gasteiger partial charge in [0, 0.05) is 12.5 Å². The lowest BCUT2D eigenvalue weighted by Crippen LogP contribution is -2.43. The number of anilines is 1. The van der Waals surface area contributed by atoms with Crippen LogP contribution >= 0.6 is 7.75 Å². The summed E-state index contributed by atoms with van der Waals surface area (Å²) in [6.07, 6.45) is 8.06. The Hall–Kier alpha value is -4.08. The zero-order valence-electron chi connectivity index (χ0n) is 32.7. The minimum atomic E-state index is -4.60. The second-order valence-electron chi connectivity index (χ2n) is 14.9. The average molecular weight is 819 g/mol. The second-order valence-corrected chi connectivity index (χ2v) is 16.6. The van der Waals surface area contributed by atoms with E-state index < -0.39 is 62.0 Å². The number of esters is 1. The number of ether oxygens (including phenoxy) is 2. The van der Waals surface area contributed by atoms with Crippen molar-refractivity contribution >= 4 is 30.7 Å². The number of fused-ring (bicyclic) bond motifs is 1. The first-order valence-corrected chi connectivity index (χ1v) is 21.3. The zero-order valence-corrected chi connectivity index (χ0v) is 33.6. The number of hydrogen-bond acceptors (Lipinski definition) is 11. The summed E-state index contributed by atoms with van der Waals surface area (Å²) < 4.78 is 83.1. The minimum Gasteiger partial charge on any atom is -0.464 e. The average Bonchev–Trinajstić information content (AvgIpc) is 3.72. The van der Waals surface area contributed by atoms with E-state index >= 15 is 0 Å². The Bertz CT molecular complexity index is 1930. The van der Waals surface area contributed by atoms with Crippen molar-refractivity contribution in [2.45, 2.75) is 122 Å². The van der Waals surface area contributed by atoms with E-state index in [0.29, 0.717) is 6.07 Å². The van der Waals surface area contributed by atoms with Gasteiger partial charge in [0.25, 0.3) is 0 Å². The molecule has 1 aliphatic heterocycles. The third-order valence-electron chi connectivity index (χ3n) is 10.1. The summed E-state index contributed by atoms with van der Waals surface area (Å²) in [5.74, 6) is -2.47. The molecular formula is C40H54F3N6O7P. The van der Waals surface area contributed by atoms with Crippen LogP contribution in [-0.2, 0) is 29.8 Å². The highest BCUT2D eigenvalue weighted by Gasteiger charge is 2.48. The minimum absolute atomic E-state index is 0.0216. The maximum absolute atomic E-state index is 14.8. The predicted molar refractivity (Wildman–Crippen MR) is 208 cm³/mol. The molecule has 0 amide bonds. The summed E-state index contributed by atoms with van der Waals surface area (Å²) in [6, 6.07) is 9.49. The molecule has 0 spiro atoms. The van der Waals surface area contributed by atoms with Gasteiger partial charge < -0.3 is 24.8 Å². The van der Waals surface area contributed by atoms with Gasteiger partial charge in [-0.05, 0) is 61.9 Å². The standard InChI is InChI=1S/C40H54F3N6O7P/c1-4-6-8-11-15-27(16-12-9-7-5-2)24-53-38(51)32(21-28-19-29(41)22-30(42)20-28)48-57(52,56-31-17-13-10-14-18-31)54-25-40(3)33(50)23-34(55-40)49-26-45-35-36(44)46-39(43)47-37(35)49/h10,13-14,17-20,22,26-27,32-34,50H,4-9,11-12,15-16,21,23-25H2,1-3H3,(H,48,52)(H2,44,46,47)/t32-,33-,34+,40+,57-/m0/s1. The predicted octanol–water partition coefficient (Wildman–Crippen LogP) is 8.37. The number of halogens is 3. The molecule has 312 valence electrons. The number of imidazole rings is 1. The van der Waals surface area contributed by atoms with E-state index in [0.717, 1.165) is 76.3 Å². The molecule has 2 aromatic heterocycles. The first-order chi connectivity index (χ1) is 27.3. The number of nitrogens with two attached hydrogens (primary N) is 1. The summed E-state index contributed by atoms with van der Waals surface area (Å²) in [5, 5.41) is 13.9. The summed E-state index contributed by atoms with van der Waals surface area (Å²) in [6.45, 7) is 5.39. The highest BCUT2D eigenvalue weighted by Crippen LogP contribution is 2.48. The van der Waals surface area contributed by atoms with E-state index in [1.54, 1.807) is 18.2 Å². The number of carbonyl (C=O) groups is 1. The van der Waals surface area contributed by atoms with Crippen LogP contribution in [0.1, 0.15) is 103 Å². The molecule has 5 rings (SSSR count). The van der Waals surface area contributed by atoms with E-state index in [1.807, 2.05) is 0 Å². The fourth-order valence-electron chi connectivity index (χ4n) is 6.89. The Labute approximate surface area is 331 Å². The third kappa shape index (κ3) is 12.5. The Balaban J connectivity index is 1.38. The van der Waals surface area contributed by atoms with Crippen molar-refractivity contribution in [3.8, 4) is 5.75 Å². The number of nitrogen functional groups attached to an aromatic ring is 1. The van der Waals surface area contributed by atoms with Crippen LogP contribution in [0.5, 0.6) is 5.75 Å². The van der Waals surface area contributed by atoms with Gasteiger partial charge in [-0.3, -0.25) is 13.9 Å². The van der Waals surface area contributed by atoms with E-state index in [-0.39, 0.29) is 53.7 Å². The van der Waals surface area contributed by atoms with Crippen LogP contribution in [0.15, 0.2) is 54.9 Å². The first kappa shape index (κ1) is 44.0. The van der Waals surface area contributed by atoms with Gasteiger partial charge in [-0.15, -0.1) is 0 Å². The van der Waals surface area contributed by atoms with Crippen LogP contribution in [0.3, 0.4) is 0 Å². The summed E-state index contributed by atoms with van der Waals surface area (Å²) in [5.41, 5.74) is 4.58. The van der Waals surface area contributed by atoms with Gasteiger partial charge in [-0.1, -0.05) is 83.4 Å². The van der Waals surface area contributed by atoms with Crippen molar-refractivity contribution in [2.24, 2.45) is 5.92 Å². The Morgan fingerprint density at radius 1 is 1.04 bits per heavy atom. The SMILES string of the molecule is CCCCCCC(CCCCCC)COC(=O)[C@H](Cc1cc(F)cc(F)c1)N[P@](=O)(OC[C@@]1(C)O[C@@H](n2cnc3c(N)nc(F)nc32)C[C@@H]1O)Oc1ccccc1. The largest absolute Gasteiger partial charge is 0.464 e. The molecule has 1 saturated heterocycles. The van der Waals surface area contributed by atoms with E-state index in [1.165, 1.54) is 30.0 Å². The van der Waals surface area contributed by atoms with E-state index in [2.05, 4.69) is 33.9 Å². The lowest BCUT2D eigenvalue weighted by atomic mass is 9.95. The maximum Gasteiger partial charge on any atom is 0.459 e. The number of unbranched alkanes of at least 4 members (excludes halogenated alkanes) is 6. The van der Waals surface area contributed by atoms with Crippen LogP contribution in [0.4, 0.5) is 19.0 Å². The number of aromatic nitrogens is 4. The van der Waals surface area contributed by atoms with Gasteiger partial charge in [-0.25, -0.2) is 18.3 Å². The van der Waals surface area contributed by atoms with Gasteiger partial charge >= 0.3 is 19.8 Å². The van der Waals surface area contributed by atoms with Crippen LogP contribution in [-0.4, -0.2) is 61.6 Å². The number of aliphatic hydroxyl groups is 1. The Morgan fingerprint density at radius 3 is 2.35 bits per heavy atom. The van der Waals surface area contributed by atoms with Crippen molar-refractivity contribution in [1.29, 1.82) is 0 Å². The number of hydrogen-bond donors (Lipinski definition) is 3. The Morgan fingerprint density at radius 2 is 1.70 bits per heavy atom. The normalized spacial score (nSPS) is 19.9. The maximum atomic E-state index is 14.8. The molecular weight excluding hydrogens is 764 g/mol. The molecule has 57 heavy (non-hydrogen) atoms. The lowest BCUT2D eigenvalue weighted by molar-refractivity contribution is -0.147. The van der Waals surface area contributed by atoms with Crippen molar-refractivity contribution in [3.63, 3.8) is 0 Å². The molecule has 13 nitrogen and oxygen atoms in total. The molecule has 0 unspecified atom stereocenters. The first-order valence-electron chi connectivity index (χ1n) is 19.7. The van der Waals surface area contributed by atoms with Crippen molar-refractivity contribution < 1.29 is 46.2 Å². The van der Waals surface area contributed by atoms with Gasteiger partial charge in [0.05, 0.1) is 25.6 Å². The van der Waals surface area contributed by atoms with Crippen LogP contribution < -0.4 is 15.3 Å². The number of nitrogens with zero attached hydrogens (tertiary/aromatic N) is 4. The van der Waals surface area contributed by atoms with E-state index in [9.17, 15) is 27.6 Å². The molecule has 3 heterocycles. The summed E-state index contributed by atoms with van der Waals surface area (Å²) >= 11 is 0. The number of rotatable bonds is 23. The smallest absolute Gasteiger partial charge is 0.459 e. The van der Waals surface area contributed by atoms with Crippen LogP contribution in [0.25, 0.3) is 11.2 Å². The van der Waals surface area contributed by atoms with Gasteiger partial charge in [0.15, 0.2) is 17.0 Å². The molecule has 0 saturated carbocycles. The summed E-state index contributed by atoms with van der Waals surface area (Å²) in [4.78, 5) is 25.4. The summed E-state index contributed by atoms with van der Waals surface area (Å²) in [7, 11) is -4.60. The monoisotopic (exact) mass is 818 g/mol. The number of carbonyl (C=O) groups excluding carboxylic acids is 1. The highest BCUT2D eigenvalue weighted by molar-refractivity contribution is 7.52. The Kier molecular flexibility index (Phi) is 15.9. The van der Waals surface area contributed by atoms with Gasteiger partial charge in [0.1, 0.15) is 35.3 Å². The topological polar surface area (TPSA) is 173 Å². The number of aliphatic hydroxyl groups excluding tert-OH is 1. The molecule has 4 N–H and O–H groups in total. The molecule has 2 aromatic carbocycles. The van der Waals surface area contributed by atoms with Gasteiger partial charge in [0.2, 0.25) is 0 Å². The molecule has 0 aliphatic carbocycles. The van der Waals surface area contributed by atoms with Gasteiger partial charge in [-0.2, -0.15) is 19.4 Å². The molecule has 1 fully saturated rings. The van der Waals surface area contributed by atoms with E-state index in [4.69, 9.17) is 24.3 Å². The number of nitrogens with one attached hydrogen (secondary N) is 1. The van der Waals surface area contributed by atoms with Crippen molar-refractivity contribution in [2.75, 3.05) is 18.9 Å². The fraction of sp³-hybridized carbons (Fsp3) is 0.550. The molecule has 4 aromatic rings. The molecule has 17 heteroatoms. The van der Waals surface area contributed by atoms with Crippen LogP contribution in [0, 0.1) is 23.6 Å². The quantitative estimate of drug-likeness (QED) is 0.0283. The molecule has 5 atom stereocenters. The number of para-hydroxylation sites is 1. The van der Waals surface area contributed by atoms with Crippen molar-refractivity contribution in [3.05, 3.63) is 78.1 Å². The van der Waals surface area contributed by atoms with Crippen molar-refractivity contribution in [1.82, 2.24) is 24.6 Å². The number of benzene rings is 2. The molecule has 0 radical (unpaired) electrons. The molecule has 1 aliphatic rings. The lowest BCUT2D eigenvalue weighted by Gasteiger charge is -2.31.